The smallest absolute Gasteiger partial charge is 0.276 e. The second-order valence-electron chi connectivity index (χ2n) is 6.47. The van der Waals surface area contributed by atoms with Gasteiger partial charge in [-0.3, -0.25) is 9.89 Å². The van der Waals surface area contributed by atoms with Gasteiger partial charge in [-0.1, -0.05) is 12.1 Å². The summed E-state index contributed by atoms with van der Waals surface area (Å²) in [4.78, 5) is 17.5. The lowest BCUT2D eigenvalue weighted by molar-refractivity contribution is 0.585. The Morgan fingerprint density at radius 2 is 1.82 bits per heavy atom. The van der Waals surface area contributed by atoms with Crippen LogP contribution in [0, 0.1) is 36.8 Å². The van der Waals surface area contributed by atoms with E-state index in [9.17, 15) is 13.6 Å². The van der Waals surface area contributed by atoms with E-state index >= 15 is 0 Å². The zero-order chi connectivity index (χ0) is 20.0. The SMILES string of the molecule is Cc1[nH]n2c(=O)c(C)c(-c3ccc(C#N)cc3)nc2c1-c1ccc(F)cc1F. The van der Waals surface area contributed by atoms with Gasteiger partial charge in [-0.15, -0.1) is 0 Å². The molecule has 138 valence electrons. The van der Waals surface area contributed by atoms with Crippen molar-refractivity contribution in [3.63, 3.8) is 0 Å². The van der Waals surface area contributed by atoms with Crippen LogP contribution in [0.25, 0.3) is 28.0 Å². The lowest BCUT2D eigenvalue weighted by Gasteiger charge is -2.07. The fraction of sp³-hybridized carbons (Fsp3) is 0.0952. The second kappa shape index (κ2) is 6.43. The number of hydrogen-bond acceptors (Lipinski definition) is 3. The number of aryl methyl sites for hydroxylation is 1. The number of H-pyrrole nitrogens is 1. The van der Waals surface area contributed by atoms with Crippen LogP contribution in [0.2, 0.25) is 0 Å². The lowest BCUT2D eigenvalue weighted by atomic mass is 10.0. The van der Waals surface area contributed by atoms with Gasteiger partial charge in [0.15, 0.2) is 5.65 Å². The van der Waals surface area contributed by atoms with Gasteiger partial charge in [0, 0.05) is 34.0 Å². The summed E-state index contributed by atoms with van der Waals surface area (Å²) in [6.45, 7) is 3.35. The first-order valence-electron chi connectivity index (χ1n) is 8.48. The first-order chi connectivity index (χ1) is 13.4. The Morgan fingerprint density at radius 3 is 2.46 bits per heavy atom. The molecule has 0 unspecified atom stereocenters. The third-order valence-corrected chi connectivity index (χ3v) is 4.67. The summed E-state index contributed by atoms with van der Waals surface area (Å²) >= 11 is 0. The molecule has 28 heavy (non-hydrogen) atoms. The van der Waals surface area contributed by atoms with E-state index < -0.39 is 11.6 Å². The van der Waals surface area contributed by atoms with E-state index in [1.165, 1.54) is 10.6 Å². The van der Waals surface area contributed by atoms with Crippen LogP contribution in [0.4, 0.5) is 8.78 Å². The molecular formula is C21H14F2N4O. The number of hydrogen-bond donors (Lipinski definition) is 1. The summed E-state index contributed by atoms with van der Waals surface area (Å²) in [7, 11) is 0. The molecule has 0 saturated carbocycles. The van der Waals surface area contributed by atoms with Crippen LogP contribution in [0.15, 0.2) is 47.3 Å². The fourth-order valence-electron chi connectivity index (χ4n) is 3.27. The first-order valence-corrected chi connectivity index (χ1v) is 8.48. The predicted octanol–water partition coefficient (Wildman–Crippen LogP) is 4.12. The highest BCUT2D eigenvalue weighted by molar-refractivity contribution is 5.82. The number of rotatable bonds is 2. The van der Waals surface area contributed by atoms with Gasteiger partial charge in [-0.25, -0.2) is 18.3 Å². The molecule has 0 bridgehead atoms. The number of benzene rings is 2. The van der Waals surface area contributed by atoms with Crippen molar-refractivity contribution >= 4 is 5.65 Å². The minimum atomic E-state index is -0.737. The van der Waals surface area contributed by atoms with Crippen LogP contribution >= 0.6 is 0 Å². The Morgan fingerprint density at radius 1 is 1.11 bits per heavy atom. The third-order valence-electron chi connectivity index (χ3n) is 4.67. The number of aromatic nitrogens is 3. The molecule has 2 aromatic carbocycles. The largest absolute Gasteiger partial charge is 0.293 e. The van der Waals surface area contributed by atoms with Gasteiger partial charge in [0.05, 0.1) is 17.3 Å². The Balaban J connectivity index is 2.03. The molecule has 7 heteroatoms. The minimum Gasteiger partial charge on any atom is -0.293 e. The Bertz CT molecular complexity index is 1330. The van der Waals surface area contributed by atoms with Crippen molar-refractivity contribution in [3.8, 4) is 28.5 Å². The standard InChI is InChI=1S/C21H14F2N4O/c1-11-19(14-5-3-13(10-24)4-6-14)25-20-18(12(2)26-27(20)21(11)28)16-8-7-15(22)9-17(16)23/h3-9,26H,1-2H3. The number of fused-ring (bicyclic) bond motifs is 1. The van der Waals surface area contributed by atoms with E-state index in [-0.39, 0.29) is 16.8 Å². The van der Waals surface area contributed by atoms with Gasteiger partial charge >= 0.3 is 0 Å². The highest BCUT2D eigenvalue weighted by Crippen LogP contribution is 2.31. The van der Waals surface area contributed by atoms with Crippen molar-refractivity contribution in [1.82, 2.24) is 14.6 Å². The molecule has 0 fully saturated rings. The van der Waals surface area contributed by atoms with Crippen molar-refractivity contribution in [3.05, 3.63) is 81.3 Å². The quantitative estimate of drug-likeness (QED) is 0.572. The second-order valence-corrected chi connectivity index (χ2v) is 6.47. The Labute approximate surface area is 158 Å². The highest BCUT2D eigenvalue weighted by atomic mass is 19.1. The average Bonchev–Trinajstić information content (AvgIpc) is 3.01. The number of nitrogens with zero attached hydrogens (tertiary/aromatic N) is 3. The van der Waals surface area contributed by atoms with E-state index in [1.807, 2.05) is 6.07 Å². The number of nitrogens with one attached hydrogen (secondary N) is 1. The monoisotopic (exact) mass is 376 g/mol. The maximum absolute atomic E-state index is 14.4. The van der Waals surface area contributed by atoms with Gasteiger partial charge in [0.25, 0.3) is 5.56 Å². The first kappa shape index (κ1) is 17.6. The third kappa shape index (κ3) is 2.67. The van der Waals surface area contributed by atoms with E-state index in [0.29, 0.717) is 33.6 Å². The van der Waals surface area contributed by atoms with Crippen LogP contribution in [-0.4, -0.2) is 14.6 Å². The van der Waals surface area contributed by atoms with Crippen molar-refractivity contribution in [2.75, 3.05) is 0 Å². The van der Waals surface area contributed by atoms with Gasteiger partial charge in [0.1, 0.15) is 11.6 Å². The molecule has 0 aliphatic carbocycles. The molecule has 0 spiro atoms. The molecule has 4 rings (SSSR count). The number of halogens is 2. The normalized spacial score (nSPS) is 11.0. The van der Waals surface area contributed by atoms with Crippen LogP contribution in [0.1, 0.15) is 16.8 Å². The molecule has 0 aliphatic heterocycles. The van der Waals surface area contributed by atoms with E-state index in [0.717, 1.165) is 12.1 Å². The zero-order valence-corrected chi connectivity index (χ0v) is 15.0. The maximum Gasteiger partial charge on any atom is 0.276 e. The van der Waals surface area contributed by atoms with E-state index in [1.54, 1.807) is 38.1 Å². The Hall–Kier alpha value is -3.79. The summed E-state index contributed by atoms with van der Waals surface area (Å²) in [5.41, 5.74) is 3.02. The summed E-state index contributed by atoms with van der Waals surface area (Å²) in [6, 6.07) is 12.0. The molecule has 2 heterocycles. The number of aromatic amines is 1. The molecule has 0 atom stereocenters. The molecule has 0 saturated heterocycles. The summed E-state index contributed by atoms with van der Waals surface area (Å²) in [5.74, 6) is -1.42. The summed E-state index contributed by atoms with van der Waals surface area (Å²) in [6.07, 6.45) is 0. The molecule has 1 N–H and O–H groups in total. The molecule has 0 aliphatic rings. The molecule has 0 radical (unpaired) electrons. The maximum atomic E-state index is 14.4. The van der Waals surface area contributed by atoms with E-state index in [4.69, 9.17) is 5.26 Å². The Kier molecular flexibility index (Phi) is 4.04. The van der Waals surface area contributed by atoms with Gasteiger partial charge in [-0.2, -0.15) is 5.26 Å². The molecule has 2 aromatic heterocycles. The number of nitriles is 1. The topological polar surface area (TPSA) is 73.9 Å². The average molecular weight is 376 g/mol. The minimum absolute atomic E-state index is 0.152. The van der Waals surface area contributed by atoms with Crippen LogP contribution < -0.4 is 5.56 Å². The zero-order valence-electron chi connectivity index (χ0n) is 15.0. The fourth-order valence-corrected chi connectivity index (χ4v) is 3.27. The van der Waals surface area contributed by atoms with Crippen LogP contribution in [-0.2, 0) is 0 Å². The van der Waals surface area contributed by atoms with Crippen molar-refractivity contribution in [1.29, 1.82) is 5.26 Å². The predicted molar refractivity (Wildman–Crippen MR) is 101 cm³/mol. The van der Waals surface area contributed by atoms with Crippen LogP contribution in [0.5, 0.6) is 0 Å². The summed E-state index contributed by atoms with van der Waals surface area (Å²) in [5, 5.41) is 11.9. The van der Waals surface area contributed by atoms with Gasteiger partial charge in [-0.05, 0) is 38.1 Å². The lowest BCUT2D eigenvalue weighted by Crippen LogP contribution is -2.19. The van der Waals surface area contributed by atoms with Crippen molar-refractivity contribution in [2.45, 2.75) is 13.8 Å². The van der Waals surface area contributed by atoms with Gasteiger partial charge in [0.2, 0.25) is 0 Å². The summed E-state index contributed by atoms with van der Waals surface area (Å²) < 4.78 is 29.0. The van der Waals surface area contributed by atoms with Crippen molar-refractivity contribution < 1.29 is 8.78 Å². The molecule has 5 nitrogen and oxygen atoms in total. The van der Waals surface area contributed by atoms with E-state index in [2.05, 4.69) is 10.1 Å². The highest BCUT2D eigenvalue weighted by Gasteiger charge is 2.20. The molecule has 4 aromatic rings. The van der Waals surface area contributed by atoms with Crippen molar-refractivity contribution in [2.24, 2.45) is 0 Å². The molecular weight excluding hydrogens is 362 g/mol. The van der Waals surface area contributed by atoms with Gasteiger partial charge < -0.3 is 0 Å². The molecule has 0 amide bonds. The van der Waals surface area contributed by atoms with Crippen LogP contribution in [0.3, 0.4) is 0 Å².